The molecule has 0 N–H and O–H groups in total. The molecule has 0 aromatic rings. The zero-order valence-corrected chi connectivity index (χ0v) is 14.2. The summed E-state index contributed by atoms with van der Waals surface area (Å²) in [5.74, 6) is 1.21. The van der Waals surface area contributed by atoms with Gasteiger partial charge in [0.15, 0.2) is 0 Å². The second-order valence-electron chi connectivity index (χ2n) is 6.07. The lowest BCUT2D eigenvalue weighted by atomic mass is 9.71. The molecule has 0 nitrogen and oxygen atoms in total. The van der Waals surface area contributed by atoms with Crippen molar-refractivity contribution < 1.29 is 0 Å². The van der Waals surface area contributed by atoms with Crippen molar-refractivity contribution in [2.75, 3.05) is 5.88 Å². The van der Waals surface area contributed by atoms with E-state index in [0.717, 1.165) is 0 Å². The molecule has 0 saturated carbocycles. The van der Waals surface area contributed by atoms with Crippen molar-refractivity contribution in [1.82, 2.24) is 0 Å². The van der Waals surface area contributed by atoms with Gasteiger partial charge in [-0.05, 0) is 43.9 Å². The zero-order chi connectivity index (χ0) is 14.9. The lowest BCUT2D eigenvalue weighted by Gasteiger charge is -2.35. The van der Waals surface area contributed by atoms with Gasteiger partial charge in [-0.25, -0.2) is 0 Å². The van der Waals surface area contributed by atoms with Crippen LogP contribution >= 0.6 is 11.6 Å². The van der Waals surface area contributed by atoms with Gasteiger partial charge in [-0.15, -0.1) is 18.2 Å². The van der Waals surface area contributed by atoms with Gasteiger partial charge in [-0.1, -0.05) is 57.1 Å². The van der Waals surface area contributed by atoms with E-state index in [-0.39, 0.29) is 0 Å². The molecule has 0 aromatic carbocycles. The second-order valence-corrected chi connectivity index (χ2v) is 6.38. The summed E-state index contributed by atoms with van der Waals surface area (Å²) in [5, 5.41) is 0. The van der Waals surface area contributed by atoms with E-state index in [1.165, 1.54) is 25.7 Å². The topological polar surface area (TPSA) is 0 Å². The minimum atomic E-state index is 0.505. The molecule has 1 rings (SSSR count). The maximum absolute atomic E-state index is 5.21. The van der Waals surface area contributed by atoms with Gasteiger partial charge in [-0.2, -0.15) is 0 Å². The predicted molar refractivity (Wildman–Crippen MR) is 89.8 cm³/mol. The molecule has 1 heteroatoms. The van der Waals surface area contributed by atoms with Crippen LogP contribution in [-0.4, -0.2) is 5.88 Å². The number of hydrogen-bond donors (Lipinski definition) is 0. The first kappa shape index (κ1) is 18.5. The molecule has 0 amide bonds. The average molecular weight is 283 g/mol. The van der Waals surface area contributed by atoms with Gasteiger partial charge in [-0.3, -0.25) is 0 Å². The molecule has 0 saturated heterocycles. The molecule has 0 spiro atoms. The van der Waals surface area contributed by atoms with Crippen LogP contribution in [0.1, 0.15) is 60.3 Å². The molecule has 0 radical (unpaired) electrons. The minimum absolute atomic E-state index is 0.505. The highest BCUT2D eigenvalue weighted by Crippen LogP contribution is 2.42. The molecule has 1 unspecified atom stereocenters. The Labute approximate surface area is 125 Å². The lowest BCUT2D eigenvalue weighted by molar-refractivity contribution is 0.302. The molecule has 0 heterocycles. The van der Waals surface area contributed by atoms with E-state index in [0.29, 0.717) is 17.2 Å². The van der Waals surface area contributed by atoms with E-state index >= 15 is 0 Å². The number of hydrogen-bond acceptors (Lipinski definition) is 0. The van der Waals surface area contributed by atoms with E-state index in [1.54, 1.807) is 11.1 Å². The van der Waals surface area contributed by atoms with Crippen molar-refractivity contribution in [3.05, 3.63) is 36.0 Å². The van der Waals surface area contributed by atoms with Gasteiger partial charge in [0.2, 0.25) is 0 Å². The normalized spacial score (nSPS) is 19.9. The first-order valence-corrected chi connectivity index (χ1v) is 7.95. The van der Waals surface area contributed by atoms with Crippen molar-refractivity contribution in [3.8, 4) is 0 Å². The Hall–Kier alpha value is -0.490. The molecule has 0 aliphatic heterocycles. The Balaban J connectivity index is 0.000000555. The summed E-state index contributed by atoms with van der Waals surface area (Å²) in [6.45, 7) is 15.2. The Morgan fingerprint density at radius 1 is 1.42 bits per heavy atom. The summed E-state index contributed by atoms with van der Waals surface area (Å²) in [7, 11) is 0. The predicted octanol–water partition coefficient (Wildman–Crippen LogP) is 6.53. The Morgan fingerprint density at radius 3 is 2.42 bits per heavy atom. The largest absolute Gasteiger partial charge is 0.122 e. The summed E-state index contributed by atoms with van der Waals surface area (Å²) >= 11 is 5.21. The smallest absolute Gasteiger partial charge is 0.0404 e. The fourth-order valence-corrected chi connectivity index (χ4v) is 2.68. The van der Waals surface area contributed by atoms with E-state index in [1.807, 2.05) is 19.1 Å². The van der Waals surface area contributed by atoms with Crippen molar-refractivity contribution in [2.24, 2.45) is 11.3 Å². The highest BCUT2D eigenvalue weighted by Gasteiger charge is 2.27. The highest BCUT2D eigenvalue weighted by molar-refractivity contribution is 6.18. The van der Waals surface area contributed by atoms with Crippen LogP contribution in [0.5, 0.6) is 0 Å². The molecular formula is C18H31Cl. The molecule has 1 aliphatic carbocycles. The van der Waals surface area contributed by atoms with Crippen LogP contribution in [0.15, 0.2) is 36.0 Å². The van der Waals surface area contributed by atoms with E-state index in [9.17, 15) is 0 Å². The molecule has 0 fully saturated rings. The van der Waals surface area contributed by atoms with Gasteiger partial charge >= 0.3 is 0 Å². The molecule has 19 heavy (non-hydrogen) atoms. The quantitative estimate of drug-likeness (QED) is 0.406. The van der Waals surface area contributed by atoms with Crippen LogP contribution in [0.2, 0.25) is 0 Å². The van der Waals surface area contributed by atoms with Crippen LogP contribution < -0.4 is 0 Å². The monoisotopic (exact) mass is 282 g/mol. The fraction of sp³-hybridized carbons (Fsp3) is 0.667. The second kappa shape index (κ2) is 9.42. The van der Waals surface area contributed by atoms with E-state index in [2.05, 4.69) is 40.3 Å². The standard InChI is InChI=1S/C14H24.C4H7Cl/c1-6-11(3)13-10-14(4,5)9-8-12(13)7-2;1-2-3-4-5/h6,11H,1,7-10H2,2-5H3;2-3H,4H2,1H3/b;3-2-. The van der Waals surface area contributed by atoms with Gasteiger partial charge < -0.3 is 0 Å². The van der Waals surface area contributed by atoms with Crippen molar-refractivity contribution >= 4 is 11.6 Å². The highest BCUT2D eigenvalue weighted by atomic mass is 35.5. The maximum Gasteiger partial charge on any atom is 0.0404 e. The SMILES string of the molecule is C/C=C\CCl.C=CC(C)C1=C(CC)CCC(C)(C)C1. The molecule has 1 atom stereocenters. The van der Waals surface area contributed by atoms with Crippen LogP contribution in [0.3, 0.4) is 0 Å². The maximum atomic E-state index is 5.21. The number of halogens is 1. The number of allylic oxidation sites excluding steroid dienone is 5. The van der Waals surface area contributed by atoms with Crippen molar-refractivity contribution in [1.29, 1.82) is 0 Å². The molecular weight excluding hydrogens is 252 g/mol. The van der Waals surface area contributed by atoms with Gasteiger partial charge in [0.25, 0.3) is 0 Å². The summed E-state index contributed by atoms with van der Waals surface area (Å²) in [6, 6.07) is 0. The summed E-state index contributed by atoms with van der Waals surface area (Å²) in [5.41, 5.74) is 3.86. The lowest BCUT2D eigenvalue weighted by Crippen LogP contribution is -2.20. The number of alkyl halides is 1. The molecule has 1 aliphatic rings. The van der Waals surface area contributed by atoms with Crippen LogP contribution in [0, 0.1) is 11.3 Å². The Morgan fingerprint density at radius 2 is 2.05 bits per heavy atom. The summed E-state index contributed by atoms with van der Waals surface area (Å²) in [4.78, 5) is 0. The third kappa shape index (κ3) is 7.01. The van der Waals surface area contributed by atoms with E-state index < -0.39 is 0 Å². The Kier molecular flexibility index (Phi) is 9.18. The molecule has 0 bridgehead atoms. The number of rotatable bonds is 4. The minimum Gasteiger partial charge on any atom is -0.122 e. The third-order valence-electron chi connectivity index (χ3n) is 3.88. The van der Waals surface area contributed by atoms with Crippen LogP contribution in [-0.2, 0) is 0 Å². The van der Waals surface area contributed by atoms with E-state index in [4.69, 9.17) is 11.6 Å². The molecule has 110 valence electrons. The third-order valence-corrected chi connectivity index (χ3v) is 4.06. The fourth-order valence-electron chi connectivity index (χ4n) is 2.50. The first-order valence-electron chi connectivity index (χ1n) is 7.42. The summed E-state index contributed by atoms with van der Waals surface area (Å²) < 4.78 is 0. The van der Waals surface area contributed by atoms with Crippen LogP contribution in [0.4, 0.5) is 0 Å². The van der Waals surface area contributed by atoms with Crippen molar-refractivity contribution in [3.63, 3.8) is 0 Å². The van der Waals surface area contributed by atoms with Gasteiger partial charge in [0.1, 0.15) is 0 Å². The average Bonchev–Trinajstić information content (AvgIpc) is 2.38. The Bertz CT molecular complexity index is 321. The van der Waals surface area contributed by atoms with Crippen molar-refractivity contribution in [2.45, 2.75) is 60.3 Å². The molecule has 0 aromatic heterocycles. The first-order chi connectivity index (χ1) is 8.91. The van der Waals surface area contributed by atoms with Crippen LogP contribution in [0.25, 0.3) is 0 Å². The van der Waals surface area contributed by atoms with Gasteiger partial charge in [0.05, 0.1) is 0 Å². The zero-order valence-electron chi connectivity index (χ0n) is 13.4. The summed E-state index contributed by atoms with van der Waals surface area (Å²) in [6.07, 6.45) is 11.1. The van der Waals surface area contributed by atoms with Gasteiger partial charge in [0, 0.05) is 5.88 Å².